The molecule has 120 valence electrons. The summed E-state index contributed by atoms with van der Waals surface area (Å²) in [6.45, 7) is 5.30. The zero-order valence-corrected chi connectivity index (χ0v) is 13.3. The Morgan fingerprint density at radius 1 is 1.32 bits per heavy atom. The normalized spacial score (nSPS) is 17.3. The average Bonchev–Trinajstić information content (AvgIpc) is 2.98. The van der Waals surface area contributed by atoms with E-state index in [9.17, 15) is 9.59 Å². The van der Waals surface area contributed by atoms with Crippen LogP contribution in [0.2, 0.25) is 0 Å². The molecule has 1 unspecified atom stereocenters. The van der Waals surface area contributed by atoms with E-state index in [0.29, 0.717) is 19.5 Å². The summed E-state index contributed by atoms with van der Waals surface area (Å²) in [5.41, 5.74) is 1.93. The smallest absolute Gasteiger partial charge is 0.226 e. The summed E-state index contributed by atoms with van der Waals surface area (Å²) in [6, 6.07) is 7.66. The summed E-state index contributed by atoms with van der Waals surface area (Å²) in [7, 11) is 0. The van der Waals surface area contributed by atoms with Crippen LogP contribution in [0.1, 0.15) is 31.7 Å². The van der Waals surface area contributed by atoms with Crippen LogP contribution in [0.5, 0.6) is 0 Å². The second-order valence-electron chi connectivity index (χ2n) is 5.76. The molecule has 22 heavy (non-hydrogen) atoms. The number of benzene rings is 1. The number of hydrogen-bond acceptors (Lipinski definition) is 3. The highest BCUT2D eigenvalue weighted by atomic mass is 16.5. The quantitative estimate of drug-likeness (QED) is 0.877. The van der Waals surface area contributed by atoms with Crippen molar-refractivity contribution in [3.05, 3.63) is 29.8 Å². The minimum Gasteiger partial charge on any atom is -0.376 e. The standard InChI is InChI=1S/C17H24N2O3/c1-13-5-7-15(8-6-13)18-17(21)9-10-19(14(2)20)12-16-4-3-11-22-16/h5-8,16H,3-4,9-12H2,1-2H3,(H,18,21). The van der Waals surface area contributed by atoms with Crippen molar-refractivity contribution >= 4 is 17.5 Å². The topological polar surface area (TPSA) is 58.6 Å². The minimum absolute atomic E-state index is 0.0152. The van der Waals surface area contributed by atoms with Crippen molar-refractivity contribution in [3.63, 3.8) is 0 Å². The van der Waals surface area contributed by atoms with Crippen LogP contribution in [0.15, 0.2) is 24.3 Å². The lowest BCUT2D eigenvalue weighted by Crippen LogP contribution is -2.37. The Bertz CT molecular complexity index is 507. The Morgan fingerprint density at radius 2 is 2.05 bits per heavy atom. The fraction of sp³-hybridized carbons (Fsp3) is 0.529. The third-order valence-electron chi connectivity index (χ3n) is 3.84. The molecule has 1 aliphatic heterocycles. The van der Waals surface area contributed by atoms with Crippen molar-refractivity contribution in [2.45, 2.75) is 39.2 Å². The van der Waals surface area contributed by atoms with Crippen LogP contribution in [0.3, 0.4) is 0 Å². The van der Waals surface area contributed by atoms with Gasteiger partial charge in [0.2, 0.25) is 11.8 Å². The summed E-state index contributed by atoms with van der Waals surface area (Å²) < 4.78 is 5.55. The van der Waals surface area contributed by atoms with Crippen LogP contribution in [0, 0.1) is 6.92 Å². The lowest BCUT2D eigenvalue weighted by Gasteiger charge is -2.23. The van der Waals surface area contributed by atoms with E-state index in [-0.39, 0.29) is 17.9 Å². The predicted octanol–water partition coefficient (Wildman–Crippen LogP) is 2.35. The van der Waals surface area contributed by atoms with Crippen molar-refractivity contribution in [2.75, 3.05) is 25.0 Å². The fourth-order valence-corrected chi connectivity index (χ4v) is 2.51. The van der Waals surface area contributed by atoms with Crippen LogP contribution in [0.25, 0.3) is 0 Å². The van der Waals surface area contributed by atoms with Gasteiger partial charge in [-0.1, -0.05) is 17.7 Å². The molecule has 1 N–H and O–H groups in total. The van der Waals surface area contributed by atoms with Gasteiger partial charge in [-0.25, -0.2) is 0 Å². The number of hydrogen-bond donors (Lipinski definition) is 1. The number of nitrogens with zero attached hydrogens (tertiary/aromatic N) is 1. The van der Waals surface area contributed by atoms with Gasteiger partial charge in [0.05, 0.1) is 6.10 Å². The molecule has 1 aliphatic rings. The van der Waals surface area contributed by atoms with Gasteiger partial charge < -0.3 is 15.0 Å². The Balaban J connectivity index is 1.79. The maximum Gasteiger partial charge on any atom is 0.226 e. The first-order valence-electron chi connectivity index (χ1n) is 7.78. The van der Waals surface area contributed by atoms with Gasteiger partial charge in [0, 0.05) is 38.7 Å². The van der Waals surface area contributed by atoms with Crippen LogP contribution in [-0.2, 0) is 14.3 Å². The molecule has 0 radical (unpaired) electrons. The molecule has 0 spiro atoms. The average molecular weight is 304 g/mol. The van der Waals surface area contributed by atoms with Crippen LogP contribution in [-0.4, -0.2) is 42.5 Å². The van der Waals surface area contributed by atoms with Crippen molar-refractivity contribution in [1.82, 2.24) is 4.90 Å². The van der Waals surface area contributed by atoms with Crippen LogP contribution < -0.4 is 5.32 Å². The van der Waals surface area contributed by atoms with Gasteiger partial charge in [0.15, 0.2) is 0 Å². The molecule has 1 atom stereocenters. The number of amides is 2. The predicted molar refractivity (Wildman–Crippen MR) is 85.7 cm³/mol. The van der Waals surface area contributed by atoms with E-state index >= 15 is 0 Å². The molecule has 1 fully saturated rings. The molecule has 0 saturated carbocycles. The Hall–Kier alpha value is -1.88. The zero-order chi connectivity index (χ0) is 15.9. The summed E-state index contributed by atoms with van der Waals surface area (Å²) in [6.07, 6.45) is 2.44. The number of aryl methyl sites for hydroxylation is 1. The number of nitrogens with one attached hydrogen (secondary N) is 1. The molecule has 2 rings (SSSR count). The van der Waals surface area contributed by atoms with Gasteiger partial charge in [-0.05, 0) is 31.9 Å². The van der Waals surface area contributed by atoms with Gasteiger partial charge >= 0.3 is 0 Å². The highest BCUT2D eigenvalue weighted by Crippen LogP contribution is 2.14. The zero-order valence-electron chi connectivity index (χ0n) is 13.3. The third-order valence-corrected chi connectivity index (χ3v) is 3.84. The minimum atomic E-state index is -0.0811. The molecular weight excluding hydrogens is 280 g/mol. The van der Waals surface area contributed by atoms with Gasteiger partial charge in [0.1, 0.15) is 0 Å². The van der Waals surface area contributed by atoms with Gasteiger partial charge in [0.25, 0.3) is 0 Å². The van der Waals surface area contributed by atoms with Gasteiger partial charge in [-0.2, -0.15) is 0 Å². The first-order chi connectivity index (χ1) is 10.5. The molecule has 0 aliphatic carbocycles. The first kappa shape index (κ1) is 16.5. The molecule has 0 aromatic heterocycles. The molecule has 5 nitrogen and oxygen atoms in total. The van der Waals surface area contributed by atoms with E-state index < -0.39 is 0 Å². The number of carbonyl (C=O) groups is 2. The fourth-order valence-electron chi connectivity index (χ4n) is 2.51. The SMILES string of the molecule is CC(=O)N(CCC(=O)Nc1ccc(C)cc1)CC1CCCO1. The molecule has 1 heterocycles. The molecule has 1 aromatic carbocycles. The number of ether oxygens (including phenoxy) is 1. The van der Waals surface area contributed by atoms with E-state index in [1.807, 2.05) is 31.2 Å². The maximum atomic E-state index is 12.0. The van der Waals surface area contributed by atoms with Crippen molar-refractivity contribution in [1.29, 1.82) is 0 Å². The van der Waals surface area contributed by atoms with E-state index in [2.05, 4.69) is 5.32 Å². The van der Waals surface area contributed by atoms with E-state index in [1.165, 1.54) is 6.92 Å². The Labute approximate surface area is 131 Å². The number of carbonyl (C=O) groups excluding carboxylic acids is 2. The van der Waals surface area contributed by atoms with E-state index in [0.717, 1.165) is 30.7 Å². The van der Waals surface area contributed by atoms with Gasteiger partial charge in [-0.15, -0.1) is 0 Å². The van der Waals surface area contributed by atoms with E-state index in [1.54, 1.807) is 4.90 Å². The van der Waals surface area contributed by atoms with Crippen molar-refractivity contribution in [3.8, 4) is 0 Å². The van der Waals surface area contributed by atoms with Crippen molar-refractivity contribution < 1.29 is 14.3 Å². The van der Waals surface area contributed by atoms with Crippen molar-refractivity contribution in [2.24, 2.45) is 0 Å². The Kier molecular flexibility index (Phi) is 5.95. The molecule has 1 aromatic rings. The monoisotopic (exact) mass is 304 g/mol. The van der Waals surface area contributed by atoms with Gasteiger partial charge in [-0.3, -0.25) is 9.59 Å². The largest absolute Gasteiger partial charge is 0.376 e. The van der Waals surface area contributed by atoms with Crippen LogP contribution in [0.4, 0.5) is 5.69 Å². The molecule has 1 saturated heterocycles. The Morgan fingerprint density at radius 3 is 2.64 bits per heavy atom. The first-order valence-corrected chi connectivity index (χ1v) is 7.78. The molecular formula is C17H24N2O3. The third kappa shape index (κ3) is 5.15. The van der Waals surface area contributed by atoms with E-state index in [4.69, 9.17) is 4.74 Å². The summed E-state index contributed by atoms with van der Waals surface area (Å²) in [4.78, 5) is 25.4. The molecule has 2 amide bonds. The lowest BCUT2D eigenvalue weighted by atomic mass is 10.2. The second kappa shape index (κ2) is 7.94. The highest BCUT2D eigenvalue weighted by molar-refractivity contribution is 5.91. The molecule has 0 bridgehead atoms. The van der Waals surface area contributed by atoms with Crippen LogP contribution >= 0.6 is 0 Å². The number of rotatable bonds is 6. The summed E-state index contributed by atoms with van der Waals surface area (Å²) >= 11 is 0. The lowest BCUT2D eigenvalue weighted by molar-refractivity contribution is -0.130. The second-order valence-corrected chi connectivity index (χ2v) is 5.76. The summed E-state index contributed by atoms with van der Waals surface area (Å²) in [5, 5.41) is 2.85. The highest BCUT2D eigenvalue weighted by Gasteiger charge is 2.21. The number of anilines is 1. The maximum absolute atomic E-state index is 12.0. The summed E-state index contributed by atoms with van der Waals surface area (Å²) in [5.74, 6) is -0.0962. The molecule has 5 heteroatoms.